The highest BCUT2D eigenvalue weighted by Gasteiger charge is 2.32. The molecule has 3 nitrogen and oxygen atoms in total. The van der Waals surface area contributed by atoms with Crippen molar-refractivity contribution in [3.63, 3.8) is 0 Å². The van der Waals surface area contributed by atoms with Gasteiger partial charge in [0.2, 0.25) is 0 Å². The van der Waals surface area contributed by atoms with E-state index in [1.165, 1.54) is 12.1 Å². The van der Waals surface area contributed by atoms with Crippen molar-refractivity contribution >= 4 is 0 Å². The molecule has 0 aliphatic heterocycles. The van der Waals surface area contributed by atoms with Crippen molar-refractivity contribution in [2.75, 3.05) is 13.7 Å². The summed E-state index contributed by atoms with van der Waals surface area (Å²) in [4.78, 5) is 0. The van der Waals surface area contributed by atoms with Gasteiger partial charge in [-0.3, -0.25) is 0 Å². The van der Waals surface area contributed by atoms with Crippen molar-refractivity contribution in [2.24, 2.45) is 0 Å². The summed E-state index contributed by atoms with van der Waals surface area (Å²) in [7, 11) is 1.67. The van der Waals surface area contributed by atoms with Crippen molar-refractivity contribution in [1.29, 1.82) is 0 Å². The van der Waals surface area contributed by atoms with Crippen LogP contribution in [0.3, 0.4) is 0 Å². The zero-order valence-corrected chi connectivity index (χ0v) is 11.1. The topological polar surface area (TPSA) is 30.5 Å². The summed E-state index contributed by atoms with van der Waals surface area (Å²) < 4.78 is 46.4. The molecule has 0 aliphatic carbocycles. The van der Waals surface area contributed by atoms with Gasteiger partial charge in [0, 0.05) is 5.56 Å². The van der Waals surface area contributed by atoms with E-state index in [1.807, 2.05) is 13.8 Å². The zero-order chi connectivity index (χ0) is 14.5. The minimum atomic E-state index is -4.70. The lowest BCUT2D eigenvalue weighted by atomic mass is 10.1. The van der Waals surface area contributed by atoms with Gasteiger partial charge in [-0.25, -0.2) is 0 Å². The predicted molar refractivity (Wildman–Crippen MR) is 66.0 cm³/mol. The second kappa shape index (κ2) is 6.77. The van der Waals surface area contributed by atoms with E-state index in [0.29, 0.717) is 5.56 Å². The maximum absolute atomic E-state index is 12.3. The van der Waals surface area contributed by atoms with E-state index in [4.69, 9.17) is 4.74 Å². The molecule has 0 bridgehead atoms. The molecular formula is C13H18F3NO2. The Bertz CT molecular complexity index is 394. The van der Waals surface area contributed by atoms with Crippen LogP contribution in [0.25, 0.3) is 0 Å². The van der Waals surface area contributed by atoms with E-state index in [2.05, 4.69) is 10.1 Å². The Hall–Kier alpha value is -1.27. The summed E-state index contributed by atoms with van der Waals surface area (Å²) in [5.41, 5.74) is 0.419. The molecule has 1 atom stereocenters. The lowest BCUT2D eigenvalue weighted by Crippen LogP contribution is -2.26. The third kappa shape index (κ3) is 5.48. The van der Waals surface area contributed by atoms with Crippen LogP contribution >= 0.6 is 0 Å². The first-order valence-electron chi connectivity index (χ1n) is 5.97. The van der Waals surface area contributed by atoms with E-state index >= 15 is 0 Å². The fourth-order valence-corrected chi connectivity index (χ4v) is 1.60. The monoisotopic (exact) mass is 277 g/mol. The van der Waals surface area contributed by atoms with E-state index in [9.17, 15) is 13.2 Å². The molecule has 1 aromatic carbocycles. The number of hydrogen-bond acceptors (Lipinski definition) is 3. The molecule has 108 valence electrons. The number of alkyl halides is 3. The normalized spacial score (nSPS) is 13.6. The second-order valence-electron chi connectivity index (χ2n) is 4.31. The molecule has 1 N–H and O–H groups in total. The molecular weight excluding hydrogens is 259 g/mol. The van der Waals surface area contributed by atoms with Crippen LogP contribution in [0.15, 0.2) is 24.3 Å². The first-order chi connectivity index (χ1) is 8.83. The average molecular weight is 277 g/mol. The molecule has 19 heavy (non-hydrogen) atoms. The second-order valence-corrected chi connectivity index (χ2v) is 4.31. The molecule has 0 fully saturated rings. The van der Waals surface area contributed by atoms with Crippen LogP contribution in [0.2, 0.25) is 0 Å². The highest BCUT2D eigenvalue weighted by molar-refractivity contribution is 5.36. The first kappa shape index (κ1) is 15.8. The molecule has 0 amide bonds. The summed E-state index contributed by atoms with van der Waals surface area (Å²) in [5, 5.41) is 2.93. The molecule has 1 rings (SSSR count). The Kier molecular flexibility index (Phi) is 5.62. The van der Waals surface area contributed by atoms with Crippen molar-refractivity contribution in [3.05, 3.63) is 29.8 Å². The van der Waals surface area contributed by atoms with Gasteiger partial charge < -0.3 is 14.8 Å². The highest BCUT2D eigenvalue weighted by Crippen LogP contribution is 2.30. The fourth-order valence-electron chi connectivity index (χ4n) is 1.60. The van der Waals surface area contributed by atoms with Crippen LogP contribution in [0.1, 0.15) is 25.5 Å². The van der Waals surface area contributed by atoms with Crippen molar-refractivity contribution < 1.29 is 22.6 Å². The van der Waals surface area contributed by atoms with Gasteiger partial charge >= 0.3 is 6.36 Å². The average Bonchev–Trinajstić information content (AvgIpc) is 2.29. The largest absolute Gasteiger partial charge is 0.573 e. The highest BCUT2D eigenvalue weighted by atomic mass is 19.4. The summed E-state index contributed by atoms with van der Waals surface area (Å²) in [6.45, 7) is 4.00. The van der Waals surface area contributed by atoms with Crippen LogP contribution in [-0.2, 0) is 4.74 Å². The molecule has 1 aromatic rings. The number of likely N-dealkylation sites (N-methyl/N-ethyl adjacent to an activating group) is 1. The molecule has 0 aromatic heterocycles. The Morgan fingerprint density at radius 1 is 1.21 bits per heavy atom. The minimum Gasteiger partial charge on any atom is -0.405 e. The molecule has 0 heterocycles. The molecule has 0 saturated carbocycles. The van der Waals surface area contributed by atoms with E-state index in [1.54, 1.807) is 19.2 Å². The predicted octanol–water partition coefficient (Wildman–Crippen LogP) is 3.27. The van der Waals surface area contributed by atoms with Crippen molar-refractivity contribution in [1.82, 2.24) is 5.32 Å². The first-order valence-corrected chi connectivity index (χ1v) is 5.97. The third-order valence-corrected chi connectivity index (χ3v) is 2.46. The van der Waals surface area contributed by atoms with Gasteiger partial charge in [-0.2, -0.15) is 0 Å². The Morgan fingerprint density at radius 2 is 1.84 bits per heavy atom. The lowest BCUT2D eigenvalue weighted by Gasteiger charge is -2.21. The van der Waals surface area contributed by atoms with Gasteiger partial charge in [0.05, 0.1) is 18.8 Å². The number of hydrogen-bond donors (Lipinski definition) is 1. The fraction of sp³-hybridized carbons (Fsp3) is 0.538. The van der Waals surface area contributed by atoms with Crippen LogP contribution in [0.4, 0.5) is 13.2 Å². The molecule has 0 radical (unpaired) electrons. The van der Waals surface area contributed by atoms with Crippen LogP contribution < -0.4 is 10.1 Å². The number of para-hydroxylation sites is 1. The maximum Gasteiger partial charge on any atom is 0.573 e. The molecule has 0 spiro atoms. The smallest absolute Gasteiger partial charge is 0.405 e. The summed E-state index contributed by atoms with van der Waals surface area (Å²) in [6.07, 6.45) is -4.70. The van der Waals surface area contributed by atoms with Crippen LogP contribution in [0.5, 0.6) is 5.75 Å². The molecule has 1 unspecified atom stereocenters. The summed E-state index contributed by atoms with van der Waals surface area (Å²) in [6, 6.07) is 5.69. The maximum atomic E-state index is 12.3. The Labute approximate surface area is 110 Å². The summed E-state index contributed by atoms with van der Waals surface area (Å²) >= 11 is 0. The van der Waals surface area contributed by atoms with Gasteiger partial charge in [0.1, 0.15) is 5.75 Å². The van der Waals surface area contributed by atoms with E-state index < -0.39 is 6.36 Å². The quantitative estimate of drug-likeness (QED) is 0.865. The summed E-state index contributed by atoms with van der Waals surface area (Å²) in [5.74, 6) is -0.207. The van der Waals surface area contributed by atoms with Crippen molar-refractivity contribution in [3.8, 4) is 5.75 Å². The molecule has 6 heteroatoms. The third-order valence-electron chi connectivity index (χ3n) is 2.46. The zero-order valence-electron chi connectivity index (χ0n) is 11.1. The Balaban J connectivity index is 2.90. The number of rotatable bonds is 6. The van der Waals surface area contributed by atoms with Crippen molar-refractivity contribution in [2.45, 2.75) is 32.4 Å². The van der Waals surface area contributed by atoms with Gasteiger partial charge in [-0.05, 0) is 27.0 Å². The minimum absolute atomic E-state index is 0.00606. The molecule has 0 aliphatic rings. The number of benzene rings is 1. The molecule has 0 saturated heterocycles. The van der Waals surface area contributed by atoms with Gasteiger partial charge in [0.15, 0.2) is 0 Å². The van der Waals surface area contributed by atoms with Crippen LogP contribution in [-0.4, -0.2) is 26.1 Å². The number of ether oxygens (including phenoxy) is 2. The number of halogens is 3. The van der Waals surface area contributed by atoms with Gasteiger partial charge in [-0.1, -0.05) is 18.2 Å². The van der Waals surface area contributed by atoms with E-state index in [-0.39, 0.29) is 24.5 Å². The standard InChI is InChI=1S/C13H18F3NO2/c1-9(2)18-8-11(17-3)10-6-4-5-7-12(10)19-13(14,15)16/h4-7,9,11,17H,8H2,1-3H3. The lowest BCUT2D eigenvalue weighted by molar-refractivity contribution is -0.275. The van der Waals surface area contributed by atoms with Gasteiger partial charge in [-0.15, -0.1) is 13.2 Å². The van der Waals surface area contributed by atoms with Crippen LogP contribution in [0, 0.1) is 0 Å². The van der Waals surface area contributed by atoms with Gasteiger partial charge in [0.25, 0.3) is 0 Å². The Morgan fingerprint density at radius 3 is 2.37 bits per heavy atom. The van der Waals surface area contributed by atoms with E-state index in [0.717, 1.165) is 0 Å². The SMILES string of the molecule is CNC(COC(C)C)c1ccccc1OC(F)(F)F. The number of nitrogens with one attached hydrogen (secondary N) is 1.